The van der Waals surface area contributed by atoms with Crippen LogP contribution in [-0.4, -0.2) is 28.8 Å². The number of carbonyl (C=O) groups is 1. The van der Waals surface area contributed by atoms with E-state index >= 15 is 0 Å². The number of allylic oxidation sites excluding steroid dienone is 6. The Morgan fingerprint density at radius 1 is 1.48 bits per heavy atom. The third kappa shape index (κ3) is 4.59. The molecule has 0 aromatic carbocycles. The molecule has 0 atom stereocenters. The van der Waals surface area contributed by atoms with Crippen molar-refractivity contribution in [2.45, 2.75) is 6.54 Å². The molecule has 0 spiro atoms. The van der Waals surface area contributed by atoms with Gasteiger partial charge in [-0.05, 0) is 23.3 Å². The minimum Gasteiger partial charge on any atom is -0.298 e. The number of aromatic nitrogens is 2. The number of rotatable bonds is 3. The van der Waals surface area contributed by atoms with Gasteiger partial charge in [0.25, 0.3) is 0 Å². The smallest absolute Gasteiger partial charge is 0.172 e. The van der Waals surface area contributed by atoms with Crippen LogP contribution in [0, 0.1) is 11.3 Å². The Labute approximate surface area is 137 Å². The summed E-state index contributed by atoms with van der Waals surface area (Å²) in [7, 11) is 0. The van der Waals surface area contributed by atoms with Gasteiger partial charge in [0, 0.05) is 12.4 Å². The second-order valence-electron chi connectivity index (χ2n) is 4.74. The molecule has 0 saturated carbocycles. The minimum atomic E-state index is -0.449. The summed E-state index contributed by atoms with van der Waals surface area (Å²) in [6.07, 6.45) is 7.92. The second-order valence-corrected chi connectivity index (χ2v) is 5.18. The summed E-state index contributed by atoms with van der Waals surface area (Å²) < 4.78 is 15.2. The van der Waals surface area contributed by atoms with Crippen molar-refractivity contribution in [1.82, 2.24) is 9.78 Å². The lowest BCUT2D eigenvalue weighted by Gasteiger charge is -2.06. The van der Waals surface area contributed by atoms with E-state index in [4.69, 9.17) is 16.9 Å². The Morgan fingerprint density at radius 3 is 2.91 bits per heavy atom. The summed E-state index contributed by atoms with van der Waals surface area (Å²) in [6.45, 7) is 3.86. The maximum atomic E-state index is 13.8. The van der Waals surface area contributed by atoms with E-state index in [0.29, 0.717) is 22.5 Å². The first-order chi connectivity index (χ1) is 11.0. The predicted molar refractivity (Wildman–Crippen MR) is 86.0 cm³/mol. The van der Waals surface area contributed by atoms with E-state index < -0.39 is 5.83 Å². The van der Waals surface area contributed by atoms with Gasteiger partial charge < -0.3 is 0 Å². The molecule has 1 aromatic heterocycles. The molecule has 1 aliphatic rings. The molecule has 0 fully saturated rings. The van der Waals surface area contributed by atoms with Crippen LogP contribution in [0.5, 0.6) is 0 Å². The van der Waals surface area contributed by atoms with Crippen molar-refractivity contribution in [2.24, 2.45) is 4.99 Å². The van der Waals surface area contributed by atoms with Crippen molar-refractivity contribution < 1.29 is 9.18 Å². The van der Waals surface area contributed by atoms with Gasteiger partial charge in [0.15, 0.2) is 12.0 Å². The molecule has 0 saturated heterocycles. The van der Waals surface area contributed by atoms with E-state index in [1.165, 1.54) is 23.2 Å². The number of hydrogen-bond acceptors (Lipinski definition) is 4. The largest absolute Gasteiger partial charge is 0.298 e. The highest BCUT2D eigenvalue weighted by atomic mass is 35.5. The fourth-order valence-electron chi connectivity index (χ4n) is 1.97. The van der Waals surface area contributed by atoms with Gasteiger partial charge in [0.2, 0.25) is 0 Å². The number of aldehydes is 1. The van der Waals surface area contributed by atoms with Crippen LogP contribution in [0.2, 0.25) is 0 Å². The van der Waals surface area contributed by atoms with Crippen LogP contribution < -0.4 is 0 Å². The van der Waals surface area contributed by atoms with Crippen molar-refractivity contribution in [3.05, 3.63) is 64.3 Å². The summed E-state index contributed by atoms with van der Waals surface area (Å²) in [6, 6.07) is 1.83. The second kappa shape index (κ2) is 7.47. The van der Waals surface area contributed by atoms with Crippen molar-refractivity contribution in [1.29, 1.82) is 5.26 Å². The quantitative estimate of drug-likeness (QED) is 0.799. The number of aliphatic imine (C=N–C) groups is 1. The zero-order valence-corrected chi connectivity index (χ0v) is 12.8. The third-order valence-electron chi connectivity index (χ3n) is 2.86. The SMILES string of the molecule is C=C1/C=C(Cl)\C=N/C/C(F)=C\C(Cn2cc(C=O)c(C#N)n2)=C/1. The summed E-state index contributed by atoms with van der Waals surface area (Å²) >= 11 is 5.92. The topological polar surface area (TPSA) is 71.0 Å². The zero-order valence-electron chi connectivity index (χ0n) is 12.0. The Kier molecular flexibility index (Phi) is 5.39. The van der Waals surface area contributed by atoms with Crippen LogP contribution in [0.1, 0.15) is 16.1 Å². The summed E-state index contributed by atoms with van der Waals surface area (Å²) in [5, 5.41) is 13.2. The van der Waals surface area contributed by atoms with Gasteiger partial charge in [-0.2, -0.15) is 10.4 Å². The fourth-order valence-corrected chi connectivity index (χ4v) is 2.18. The van der Waals surface area contributed by atoms with Gasteiger partial charge >= 0.3 is 0 Å². The molecule has 23 heavy (non-hydrogen) atoms. The number of nitrogens with zero attached hydrogens (tertiary/aromatic N) is 4. The number of hydrogen-bond donors (Lipinski definition) is 0. The molecule has 2 rings (SSSR count). The van der Waals surface area contributed by atoms with E-state index in [-0.39, 0.29) is 24.3 Å². The molecule has 1 aromatic rings. The average Bonchev–Trinajstić information content (AvgIpc) is 2.88. The first-order valence-corrected chi connectivity index (χ1v) is 6.95. The van der Waals surface area contributed by atoms with Crippen LogP contribution in [0.3, 0.4) is 0 Å². The standard InChI is InChI=1S/C16H12ClFN4O/c1-11-2-12(4-15(18)7-20-6-14(17)3-11)8-22-9-13(10-23)16(5-19)21-22/h2-4,6,9-10H,1,7-8H2/b12-2+,14-3+,15-4+,20-6-. The van der Waals surface area contributed by atoms with Gasteiger partial charge in [-0.25, -0.2) is 4.39 Å². The van der Waals surface area contributed by atoms with Gasteiger partial charge in [-0.15, -0.1) is 0 Å². The maximum Gasteiger partial charge on any atom is 0.172 e. The van der Waals surface area contributed by atoms with Crippen LogP contribution >= 0.6 is 11.6 Å². The molecule has 5 nitrogen and oxygen atoms in total. The lowest BCUT2D eigenvalue weighted by atomic mass is 10.1. The van der Waals surface area contributed by atoms with Gasteiger partial charge in [-0.3, -0.25) is 14.5 Å². The molecule has 0 unspecified atom stereocenters. The molecular formula is C16H12ClFN4O. The molecular weight excluding hydrogens is 319 g/mol. The van der Waals surface area contributed by atoms with Gasteiger partial charge in [-0.1, -0.05) is 24.3 Å². The Morgan fingerprint density at radius 2 is 2.26 bits per heavy atom. The molecule has 7 heteroatoms. The minimum absolute atomic E-state index is 0.0243. The molecule has 0 bridgehead atoms. The Bertz CT molecular complexity index is 809. The van der Waals surface area contributed by atoms with Crippen LogP contribution in [0.15, 0.2) is 58.0 Å². The summed E-state index contributed by atoms with van der Waals surface area (Å²) in [5.41, 5.74) is 1.32. The predicted octanol–water partition coefficient (Wildman–Crippen LogP) is 3.11. The molecule has 0 radical (unpaired) electrons. The maximum absolute atomic E-state index is 13.8. The van der Waals surface area contributed by atoms with Crippen molar-refractivity contribution in [2.75, 3.05) is 6.54 Å². The van der Waals surface area contributed by atoms with Crippen LogP contribution in [0.25, 0.3) is 0 Å². The fraction of sp³-hybridized carbons (Fsp3) is 0.125. The van der Waals surface area contributed by atoms with Gasteiger partial charge in [0.05, 0.1) is 23.7 Å². The molecule has 0 N–H and O–H groups in total. The first kappa shape index (κ1) is 16.6. The van der Waals surface area contributed by atoms with E-state index in [1.54, 1.807) is 12.2 Å². The van der Waals surface area contributed by atoms with E-state index in [2.05, 4.69) is 16.7 Å². The Balaban J connectivity index is 2.35. The molecule has 116 valence electrons. The van der Waals surface area contributed by atoms with Crippen LogP contribution in [0.4, 0.5) is 4.39 Å². The van der Waals surface area contributed by atoms with E-state index in [0.717, 1.165) is 0 Å². The zero-order chi connectivity index (χ0) is 16.8. The molecule has 0 amide bonds. The highest BCUT2D eigenvalue weighted by Gasteiger charge is 2.09. The average molecular weight is 331 g/mol. The summed E-state index contributed by atoms with van der Waals surface area (Å²) in [5.74, 6) is -0.449. The van der Waals surface area contributed by atoms with E-state index in [1.807, 2.05) is 6.07 Å². The molecule has 1 aliphatic heterocycles. The molecule has 2 heterocycles. The Hall–Kier alpha value is -2.78. The highest BCUT2D eigenvalue weighted by Crippen LogP contribution is 2.15. The first-order valence-electron chi connectivity index (χ1n) is 6.57. The monoisotopic (exact) mass is 330 g/mol. The lowest BCUT2D eigenvalue weighted by Crippen LogP contribution is -2.02. The lowest BCUT2D eigenvalue weighted by molar-refractivity contribution is 0.112. The van der Waals surface area contributed by atoms with Crippen molar-refractivity contribution in [3.8, 4) is 6.07 Å². The highest BCUT2D eigenvalue weighted by molar-refractivity contribution is 6.39. The number of halogens is 2. The third-order valence-corrected chi connectivity index (χ3v) is 3.07. The number of nitriles is 1. The summed E-state index contributed by atoms with van der Waals surface area (Å²) in [4.78, 5) is 14.7. The normalized spacial score (nSPS) is 23.5. The van der Waals surface area contributed by atoms with Gasteiger partial charge in [0.1, 0.15) is 11.9 Å². The van der Waals surface area contributed by atoms with Crippen molar-refractivity contribution in [3.63, 3.8) is 0 Å². The van der Waals surface area contributed by atoms with E-state index in [9.17, 15) is 9.18 Å². The molecule has 0 aliphatic carbocycles. The van der Waals surface area contributed by atoms with Crippen molar-refractivity contribution >= 4 is 24.1 Å². The number of carbonyl (C=O) groups excluding carboxylic acids is 1. The van der Waals surface area contributed by atoms with Crippen LogP contribution in [-0.2, 0) is 6.54 Å².